The molecule has 0 spiro atoms. The van der Waals surface area contributed by atoms with E-state index in [9.17, 15) is 19.8 Å². The third-order valence-corrected chi connectivity index (χ3v) is 6.41. The van der Waals surface area contributed by atoms with Gasteiger partial charge in [0, 0.05) is 23.9 Å². The van der Waals surface area contributed by atoms with E-state index in [2.05, 4.69) is 5.32 Å². The first-order chi connectivity index (χ1) is 10.8. The average Bonchev–Trinajstić information content (AvgIpc) is 2.48. The number of amides is 2. The van der Waals surface area contributed by atoms with E-state index in [4.69, 9.17) is 10.8 Å². The monoisotopic (exact) mass is 660 g/mol. The number of nitrogens with two attached hydrogens (primary N) is 1. The largest absolute Gasteiger partial charge is 0.396 e. The van der Waals surface area contributed by atoms with Gasteiger partial charge in [0.25, 0.3) is 11.8 Å². The van der Waals surface area contributed by atoms with Crippen LogP contribution in [0.25, 0.3) is 0 Å². The fourth-order valence-electron chi connectivity index (χ4n) is 1.83. The van der Waals surface area contributed by atoms with Gasteiger partial charge in [-0.1, -0.05) is 0 Å². The molecule has 0 heterocycles. The van der Waals surface area contributed by atoms with Crippen molar-refractivity contribution >= 4 is 79.6 Å². The van der Waals surface area contributed by atoms with Gasteiger partial charge in [-0.25, -0.2) is 0 Å². The van der Waals surface area contributed by atoms with E-state index in [1.54, 1.807) is 0 Å². The van der Waals surface area contributed by atoms with Crippen LogP contribution in [-0.2, 0) is 6.42 Å². The first-order valence-corrected chi connectivity index (χ1v) is 9.66. The number of aliphatic hydroxyl groups is 3. The van der Waals surface area contributed by atoms with Crippen molar-refractivity contribution in [2.75, 3.05) is 19.8 Å². The number of benzene rings is 1. The van der Waals surface area contributed by atoms with E-state index >= 15 is 0 Å². The molecule has 0 radical (unpaired) electrons. The Morgan fingerprint density at radius 1 is 1.09 bits per heavy atom. The van der Waals surface area contributed by atoms with Crippen molar-refractivity contribution in [3.8, 4) is 0 Å². The highest BCUT2D eigenvalue weighted by Gasteiger charge is 2.26. The molecule has 7 nitrogen and oxygen atoms in total. The van der Waals surface area contributed by atoms with Crippen molar-refractivity contribution in [2.45, 2.75) is 12.5 Å². The van der Waals surface area contributed by atoms with Crippen molar-refractivity contribution in [3.05, 3.63) is 27.4 Å². The minimum atomic E-state index is -1.06. The molecule has 0 aromatic heterocycles. The summed E-state index contributed by atoms with van der Waals surface area (Å²) in [4.78, 5) is 24.2. The fraction of sp³-hybridized carbons (Fsp3) is 0.385. The summed E-state index contributed by atoms with van der Waals surface area (Å²) >= 11 is 5.86. The summed E-state index contributed by atoms with van der Waals surface area (Å²) in [6.45, 7) is -0.715. The smallest absolute Gasteiger partial charge is 0.253 e. The van der Waals surface area contributed by atoms with E-state index in [-0.39, 0.29) is 30.7 Å². The maximum Gasteiger partial charge on any atom is 0.253 e. The molecular weight excluding hydrogens is 645 g/mol. The van der Waals surface area contributed by atoms with Crippen LogP contribution in [0.4, 0.5) is 0 Å². The molecule has 0 fully saturated rings. The summed E-state index contributed by atoms with van der Waals surface area (Å²) in [5.74, 6) is -1.14. The van der Waals surface area contributed by atoms with Crippen LogP contribution in [-0.4, -0.2) is 53.0 Å². The molecule has 128 valence electrons. The Morgan fingerprint density at radius 2 is 1.65 bits per heavy atom. The normalized spacial score (nSPS) is 12.1. The summed E-state index contributed by atoms with van der Waals surface area (Å²) in [5.41, 5.74) is 6.61. The first-order valence-electron chi connectivity index (χ1n) is 6.43. The number of halogens is 3. The predicted molar refractivity (Wildman–Crippen MR) is 109 cm³/mol. The highest BCUT2D eigenvalue weighted by atomic mass is 127. The lowest BCUT2D eigenvalue weighted by Gasteiger charge is -2.18. The molecule has 1 aromatic carbocycles. The summed E-state index contributed by atoms with van der Waals surface area (Å²) in [5, 5.41) is 29.9. The molecule has 0 bridgehead atoms. The molecular formula is C13H15I3N2O5. The van der Waals surface area contributed by atoms with Gasteiger partial charge in [-0.05, 0) is 79.8 Å². The number of hydrogen-bond acceptors (Lipinski definition) is 5. The van der Waals surface area contributed by atoms with Crippen LogP contribution in [0.3, 0.4) is 0 Å². The summed E-state index contributed by atoms with van der Waals surface area (Å²) in [6.07, 6.45) is -0.779. The van der Waals surface area contributed by atoms with Crippen LogP contribution >= 0.6 is 67.8 Å². The number of hydrogen-bond donors (Lipinski definition) is 5. The molecule has 23 heavy (non-hydrogen) atoms. The Labute approximate surface area is 173 Å². The molecule has 2 amide bonds. The second kappa shape index (κ2) is 9.65. The Hall–Kier alpha value is 0.230. The highest BCUT2D eigenvalue weighted by molar-refractivity contribution is 14.1. The zero-order valence-electron chi connectivity index (χ0n) is 11.8. The van der Waals surface area contributed by atoms with E-state index in [1.165, 1.54) is 0 Å². The topological polar surface area (TPSA) is 133 Å². The standard InChI is InChI=1S/C13H15I3N2O5/c14-9-6(1-2-19)10(15)8(11(16)7(9)12(17)22)13(23)18-3-5(21)4-20/h5,19-21H,1-4H2,(H2,17,22)(H,18,23). The quantitative estimate of drug-likeness (QED) is 0.267. The molecule has 0 aliphatic rings. The molecule has 1 aromatic rings. The van der Waals surface area contributed by atoms with E-state index in [0.717, 1.165) is 0 Å². The van der Waals surface area contributed by atoms with Gasteiger partial charge in [0.1, 0.15) is 0 Å². The van der Waals surface area contributed by atoms with E-state index in [0.29, 0.717) is 16.3 Å². The summed E-state index contributed by atoms with van der Waals surface area (Å²) in [6, 6.07) is 0. The number of aliphatic hydroxyl groups excluding tert-OH is 3. The van der Waals surface area contributed by atoms with Crippen LogP contribution in [0.1, 0.15) is 26.3 Å². The third-order valence-electron chi connectivity index (χ3n) is 2.95. The van der Waals surface area contributed by atoms with Crippen molar-refractivity contribution in [1.82, 2.24) is 5.32 Å². The van der Waals surface area contributed by atoms with E-state index < -0.39 is 24.5 Å². The Morgan fingerprint density at radius 3 is 2.13 bits per heavy atom. The minimum absolute atomic E-state index is 0.116. The number of carbonyl (C=O) groups is 2. The van der Waals surface area contributed by atoms with Gasteiger partial charge in [0.05, 0.1) is 23.8 Å². The lowest BCUT2D eigenvalue weighted by Crippen LogP contribution is -2.35. The number of primary amides is 1. The molecule has 0 saturated heterocycles. The van der Waals surface area contributed by atoms with Crippen LogP contribution in [0.5, 0.6) is 0 Å². The molecule has 1 rings (SSSR count). The van der Waals surface area contributed by atoms with E-state index in [1.807, 2.05) is 67.8 Å². The first kappa shape index (κ1) is 21.3. The maximum absolute atomic E-state index is 12.4. The van der Waals surface area contributed by atoms with Crippen LogP contribution < -0.4 is 11.1 Å². The summed E-state index contributed by atoms with van der Waals surface area (Å²) < 4.78 is 1.65. The van der Waals surface area contributed by atoms with Crippen molar-refractivity contribution in [2.24, 2.45) is 5.73 Å². The second-order valence-electron chi connectivity index (χ2n) is 4.55. The van der Waals surface area contributed by atoms with Gasteiger partial charge < -0.3 is 26.4 Å². The minimum Gasteiger partial charge on any atom is -0.396 e. The number of nitrogens with one attached hydrogen (secondary N) is 1. The van der Waals surface area contributed by atoms with Gasteiger partial charge in [-0.3, -0.25) is 9.59 Å². The summed E-state index contributed by atoms with van der Waals surface area (Å²) in [7, 11) is 0. The number of carbonyl (C=O) groups excluding carboxylic acids is 2. The fourth-order valence-corrected chi connectivity index (χ4v) is 6.55. The molecule has 0 aliphatic heterocycles. The maximum atomic E-state index is 12.4. The highest BCUT2D eigenvalue weighted by Crippen LogP contribution is 2.32. The SMILES string of the molecule is NC(=O)c1c(I)c(CCO)c(I)c(C(=O)NCC(O)CO)c1I. The lowest BCUT2D eigenvalue weighted by atomic mass is 10.0. The van der Waals surface area contributed by atoms with Gasteiger partial charge in [0.2, 0.25) is 0 Å². The third kappa shape index (κ3) is 5.10. The zero-order valence-corrected chi connectivity index (χ0v) is 18.2. The molecule has 10 heteroatoms. The van der Waals surface area contributed by atoms with Gasteiger partial charge in [-0.15, -0.1) is 0 Å². The average molecular weight is 660 g/mol. The molecule has 6 N–H and O–H groups in total. The predicted octanol–water partition coefficient (Wildman–Crippen LogP) is 0.217. The van der Waals surface area contributed by atoms with Crippen LogP contribution in [0.2, 0.25) is 0 Å². The number of rotatable bonds is 7. The van der Waals surface area contributed by atoms with Gasteiger partial charge in [-0.2, -0.15) is 0 Å². The molecule has 1 unspecified atom stereocenters. The Kier molecular flexibility index (Phi) is 8.92. The van der Waals surface area contributed by atoms with Crippen molar-refractivity contribution in [1.29, 1.82) is 0 Å². The van der Waals surface area contributed by atoms with Crippen molar-refractivity contribution in [3.63, 3.8) is 0 Å². The van der Waals surface area contributed by atoms with Gasteiger partial charge in [0.15, 0.2) is 0 Å². The van der Waals surface area contributed by atoms with Crippen LogP contribution in [0.15, 0.2) is 0 Å². The molecule has 0 aliphatic carbocycles. The Balaban J connectivity index is 3.40. The zero-order chi connectivity index (χ0) is 17.7. The molecule has 1 atom stereocenters. The van der Waals surface area contributed by atoms with Crippen molar-refractivity contribution < 1.29 is 24.9 Å². The van der Waals surface area contributed by atoms with Gasteiger partial charge >= 0.3 is 0 Å². The van der Waals surface area contributed by atoms with Crippen LogP contribution in [0, 0.1) is 10.7 Å². The Bertz CT molecular complexity index is 624. The molecule has 0 saturated carbocycles. The second-order valence-corrected chi connectivity index (χ2v) is 7.79. The lowest BCUT2D eigenvalue weighted by molar-refractivity contribution is 0.0800.